The largest absolute Gasteiger partial charge is 0.410 e. The van der Waals surface area contributed by atoms with Crippen molar-refractivity contribution in [2.75, 3.05) is 0 Å². The molecule has 0 saturated heterocycles. The van der Waals surface area contributed by atoms with Crippen LogP contribution in [0.25, 0.3) is 0 Å². The number of aryl methyl sites for hydroxylation is 1. The van der Waals surface area contributed by atoms with Crippen molar-refractivity contribution in [1.82, 2.24) is 0 Å². The zero-order valence-corrected chi connectivity index (χ0v) is 7.60. The van der Waals surface area contributed by atoms with Crippen LogP contribution in [0.2, 0.25) is 0 Å². The predicted molar refractivity (Wildman–Crippen MR) is 51.0 cm³/mol. The van der Waals surface area contributed by atoms with Gasteiger partial charge in [0.1, 0.15) is 12.0 Å². The number of amides is 1. The van der Waals surface area contributed by atoms with Crippen molar-refractivity contribution >= 4 is 12.4 Å². The number of ether oxygens (including phenoxy) is 1. The average molecular weight is 193 g/mol. The van der Waals surface area contributed by atoms with Gasteiger partial charge in [0, 0.05) is 6.42 Å². The molecule has 0 radical (unpaired) electrons. The fourth-order valence-corrected chi connectivity index (χ4v) is 1.11. The highest BCUT2D eigenvalue weighted by atomic mass is 16.5. The highest BCUT2D eigenvalue weighted by molar-refractivity contribution is 5.68. The number of aldehydes is 1. The summed E-state index contributed by atoms with van der Waals surface area (Å²) < 4.78 is 4.69. The molecule has 0 spiro atoms. The molecule has 0 aromatic heterocycles. The van der Waals surface area contributed by atoms with E-state index in [1.54, 1.807) is 18.2 Å². The minimum Gasteiger partial charge on any atom is -0.410 e. The summed E-state index contributed by atoms with van der Waals surface area (Å²) in [5.74, 6) is 0.404. The molecule has 0 unspecified atom stereocenters. The quantitative estimate of drug-likeness (QED) is 0.732. The normalized spacial score (nSPS) is 9.43. The molecule has 1 aromatic rings. The molecule has 0 saturated carbocycles. The molecule has 0 aliphatic carbocycles. The van der Waals surface area contributed by atoms with E-state index in [1.165, 1.54) is 0 Å². The van der Waals surface area contributed by atoms with Crippen LogP contribution in [0, 0.1) is 0 Å². The molecule has 14 heavy (non-hydrogen) atoms. The summed E-state index contributed by atoms with van der Waals surface area (Å²) in [6.07, 6.45) is 1.11. The van der Waals surface area contributed by atoms with Crippen LogP contribution in [0.1, 0.15) is 12.0 Å². The number of nitrogens with two attached hydrogens (primary N) is 1. The van der Waals surface area contributed by atoms with Gasteiger partial charge in [-0.1, -0.05) is 12.1 Å². The van der Waals surface area contributed by atoms with E-state index in [4.69, 9.17) is 5.73 Å². The second-order valence-electron chi connectivity index (χ2n) is 2.77. The molecular formula is C10H11NO3. The summed E-state index contributed by atoms with van der Waals surface area (Å²) >= 11 is 0. The fourth-order valence-electron chi connectivity index (χ4n) is 1.11. The van der Waals surface area contributed by atoms with Gasteiger partial charge in [0.15, 0.2) is 0 Å². The van der Waals surface area contributed by atoms with Gasteiger partial charge in [-0.3, -0.25) is 0 Å². The minimum absolute atomic E-state index is 0.404. The molecule has 74 valence electrons. The van der Waals surface area contributed by atoms with E-state index >= 15 is 0 Å². The second kappa shape index (κ2) is 5.01. The third-order valence-corrected chi connectivity index (χ3v) is 1.67. The highest BCUT2D eigenvalue weighted by Crippen LogP contribution is 2.14. The van der Waals surface area contributed by atoms with E-state index in [0.29, 0.717) is 18.6 Å². The Morgan fingerprint density at radius 3 is 2.93 bits per heavy atom. The van der Waals surface area contributed by atoms with Crippen molar-refractivity contribution in [1.29, 1.82) is 0 Å². The molecule has 0 fully saturated rings. The lowest BCUT2D eigenvalue weighted by atomic mass is 10.1. The van der Waals surface area contributed by atoms with Crippen LogP contribution in [-0.2, 0) is 11.2 Å². The molecule has 0 bridgehead atoms. The minimum atomic E-state index is -0.836. The van der Waals surface area contributed by atoms with Crippen molar-refractivity contribution in [3.63, 3.8) is 0 Å². The van der Waals surface area contributed by atoms with E-state index in [9.17, 15) is 9.59 Å². The van der Waals surface area contributed by atoms with Gasteiger partial charge in [0.2, 0.25) is 0 Å². The van der Waals surface area contributed by atoms with Gasteiger partial charge < -0.3 is 15.3 Å². The summed E-state index contributed by atoms with van der Waals surface area (Å²) in [6.45, 7) is 0. The number of benzene rings is 1. The molecule has 4 nitrogen and oxygen atoms in total. The van der Waals surface area contributed by atoms with E-state index in [-0.39, 0.29) is 0 Å². The van der Waals surface area contributed by atoms with Crippen molar-refractivity contribution in [2.45, 2.75) is 12.8 Å². The first-order chi connectivity index (χ1) is 6.72. The number of primary amides is 1. The van der Waals surface area contributed by atoms with E-state index in [2.05, 4.69) is 4.74 Å². The second-order valence-corrected chi connectivity index (χ2v) is 2.77. The maximum absolute atomic E-state index is 10.4. The topological polar surface area (TPSA) is 69.4 Å². The van der Waals surface area contributed by atoms with Gasteiger partial charge in [-0.15, -0.1) is 0 Å². The van der Waals surface area contributed by atoms with Crippen molar-refractivity contribution in [2.24, 2.45) is 5.73 Å². The number of hydrogen-bond donors (Lipinski definition) is 1. The zero-order valence-electron chi connectivity index (χ0n) is 7.60. The number of carbonyl (C=O) groups is 2. The molecular weight excluding hydrogens is 182 g/mol. The third-order valence-electron chi connectivity index (χ3n) is 1.67. The van der Waals surface area contributed by atoms with Gasteiger partial charge in [-0.2, -0.15) is 0 Å². The molecule has 0 aliphatic rings. The lowest BCUT2D eigenvalue weighted by Crippen LogP contribution is -2.16. The van der Waals surface area contributed by atoms with E-state index < -0.39 is 6.09 Å². The predicted octanol–water partition coefficient (Wildman–Crippen LogP) is 1.28. The first-order valence-electron chi connectivity index (χ1n) is 4.22. The lowest BCUT2D eigenvalue weighted by molar-refractivity contribution is -0.107. The van der Waals surface area contributed by atoms with Gasteiger partial charge in [-0.25, -0.2) is 4.79 Å². The molecule has 2 N–H and O–H groups in total. The molecule has 0 atom stereocenters. The Labute approximate surface area is 81.7 Å². The van der Waals surface area contributed by atoms with Gasteiger partial charge in [0.05, 0.1) is 0 Å². The van der Waals surface area contributed by atoms with Crippen LogP contribution in [-0.4, -0.2) is 12.4 Å². The zero-order chi connectivity index (χ0) is 10.4. The van der Waals surface area contributed by atoms with Crippen molar-refractivity contribution in [3.05, 3.63) is 29.8 Å². The summed E-state index contributed by atoms with van der Waals surface area (Å²) in [5, 5.41) is 0. The fraction of sp³-hybridized carbons (Fsp3) is 0.200. The Kier molecular flexibility index (Phi) is 3.67. The van der Waals surface area contributed by atoms with Crippen LogP contribution < -0.4 is 10.5 Å². The van der Waals surface area contributed by atoms with Gasteiger partial charge in [-0.05, 0) is 24.1 Å². The first-order valence-corrected chi connectivity index (χ1v) is 4.22. The number of rotatable bonds is 4. The highest BCUT2D eigenvalue weighted by Gasteiger charge is 1.99. The third kappa shape index (κ3) is 3.26. The molecule has 0 heterocycles. The van der Waals surface area contributed by atoms with Crippen LogP contribution in [0.15, 0.2) is 24.3 Å². The van der Waals surface area contributed by atoms with Gasteiger partial charge >= 0.3 is 6.09 Å². The Balaban J connectivity index is 2.68. The summed E-state index contributed by atoms with van der Waals surface area (Å²) in [5.41, 5.74) is 5.80. The molecule has 1 rings (SSSR count). The van der Waals surface area contributed by atoms with Crippen LogP contribution >= 0.6 is 0 Å². The van der Waals surface area contributed by atoms with Crippen molar-refractivity contribution < 1.29 is 14.3 Å². The Bertz CT molecular complexity index is 336. The molecule has 4 heteroatoms. The maximum Gasteiger partial charge on any atom is 0.409 e. The Morgan fingerprint density at radius 2 is 2.29 bits per heavy atom. The monoisotopic (exact) mass is 193 g/mol. The molecule has 1 amide bonds. The van der Waals surface area contributed by atoms with Crippen LogP contribution in [0.4, 0.5) is 4.79 Å². The smallest absolute Gasteiger partial charge is 0.409 e. The van der Waals surface area contributed by atoms with Crippen molar-refractivity contribution in [3.8, 4) is 5.75 Å². The first kappa shape index (κ1) is 10.2. The Morgan fingerprint density at radius 1 is 1.50 bits per heavy atom. The van der Waals surface area contributed by atoms with Crippen LogP contribution in [0.5, 0.6) is 5.75 Å². The summed E-state index contributed by atoms with van der Waals surface area (Å²) in [6, 6.07) is 6.93. The van der Waals surface area contributed by atoms with E-state index in [1.807, 2.05) is 6.07 Å². The van der Waals surface area contributed by atoms with E-state index in [0.717, 1.165) is 11.8 Å². The number of carbonyl (C=O) groups excluding carboxylic acids is 2. The lowest BCUT2D eigenvalue weighted by Gasteiger charge is -2.02. The maximum atomic E-state index is 10.4. The van der Waals surface area contributed by atoms with Crippen LogP contribution in [0.3, 0.4) is 0 Å². The van der Waals surface area contributed by atoms with Gasteiger partial charge in [0.25, 0.3) is 0 Å². The number of hydrogen-bond acceptors (Lipinski definition) is 3. The Hall–Kier alpha value is -1.84. The molecule has 1 aromatic carbocycles. The summed E-state index contributed by atoms with van der Waals surface area (Å²) in [4.78, 5) is 20.6. The average Bonchev–Trinajstić information content (AvgIpc) is 2.14. The molecule has 0 aliphatic heterocycles. The SMILES string of the molecule is NC(=O)Oc1cccc(CCC=O)c1. The standard InChI is InChI=1S/C10H11NO3/c11-10(13)14-9-5-1-3-8(7-9)4-2-6-12/h1,3,5-7H,2,4H2,(H2,11,13). The summed E-state index contributed by atoms with van der Waals surface area (Å²) in [7, 11) is 0.